The first-order chi connectivity index (χ1) is 16.3. The zero-order valence-corrected chi connectivity index (χ0v) is 20.7. The van der Waals surface area contributed by atoms with Crippen LogP contribution >= 0.6 is 0 Å². The smallest absolute Gasteiger partial charge is 0.253 e. The molecule has 184 valence electrons. The van der Waals surface area contributed by atoms with E-state index in [1.807, 2.05) is 13.8 Å². The maximum Gasteiger partial charge on any atom is 0.253 e. The lowest BCUT2D eigenvalue weighted by molar-refractivity contribution is -0.114. The number of anilines is 2. The van der Waals surface area contributed by atoms with Gasteiger partial charge in [0.1, 0.15) is 0 Å². The Morgan fingerprint density at radius 1 is 0.853 bits per heavy atom. The molecule has 1 heterocycles. The number of sulfonamides is 1. The van der Waals surface area contributed by atoms with Crippen LogP contribution in [0.15, 0.2) is 53.4 Å². The summed E-state index contributed by atoms with van der Waals surface area (Å²) in [6.45, 7) is 6.31. The molecule has 8 nitrogen and oxygen atoms in total. The zero-order chi connectivity index (χ0) is 24.6. The molecule has 0 spiro atoms. The van der Waals surface area contributed by atoms with Crippen molar-refractivity contribution in [3.63, 3.8) is 0 Å². The molecular weight excluding hydrogens is 452 g/mol. The van der Waals surface area contributed by atoms with E-state index in [0.717, 1.165) is 25.7 Å². The Hall–Kier alpha value is -2.91. The fourth-order valence-electron chi connectivity index (χ4n) is 3.95. The van der Waals surface area contributed by atoms with E-state index in [2.05, 4.69) is 10.6 Å². The van der Waals surface area contributed by atoms with Gasteiger partial charge in [-0.15, -0.1) is 0 Å². The second-order valence-electron chi connectivity index (χ2n) is 8.30. The number of hydrogen-bond acceptors (Lipinski definition) is 5. The molecule has 1 aliphatic rings. The molecule has 2 aromatic rings. The molecule has 34 heavy (non-hydrogen) atoms. The minimum Gasteiger partial charge on any atom is -0.376 e. The predicted molar refractivity (Wildman–Crippen MR) is 134 cm³/mol. The number of hydrogen-bond donors (Lipinski definition) is 2. The lowest BCUT2D eigenvalue weighted by Crippen LogP contribution is -2.31. The lowest BCUT2D eigenvalue weighted by atomic mass is 10.1. The molecule has 0 radical (unpaired) electrons. The van der Waals surface area contributed by atoms with Crippen molar-refractivity contribution in [3.8, 4) is 0 Å². The zero-order valence-electron chi connectivity index (χ0n) is 19.9. The monoisotopic (exact) mass is 486 g/mol. The van der Waals surface area contributed by atoms with Gasteiger partial charge in [0.15, 0.2) is 0 Å². The Kier molecular flexibility index (Phi) is 9.06. The molecule has 0 aliphatic carbocycles. The number of benzene rings is 2. The van der Waals surface area contributed by atoms with Gasteiger partial charge in [-0.25, -0.2) is 8.42 Å². The molecule has 2 N–H and O–H groups in total. The summed E-state index contributed by atoms with van der Waals surface area (Å²) in [7, 11) is -3.49. The topological polar surface area (TPSA) is 98.8 Å². The minimum atomic E-state index is -3.49. The molecule has 0 aromatic heterocycles. The van der Waals surface area contributed by atoms with Crippen molar-refractivity contribution in [1.29, 1.82) is 0 Å². The van der Waals surface area contributed by atoms with Crippen LogP contribution in [0.2, 0.25) is 0 Å². The van der Waals surface area contributed by atoms with Crippen LogP contribution in [-0.2, 0) is 14.8 Å². The van der Waals surface area contributed by atoms with Gasteiger partial charge >= 0.3 is 0 Å². The summed E-state index contributed by atoms with van der Waals surface area (Å²) in [6.07, 6.45) is 3.91. The summed E-state index contributed by atoms with van der Waals surface area (Å²) in [5.41, 5.74) is 1.84. The average Bonchev–Trinajstić information content (AvgIpc) is 3.14. The van der Waals surface area contributed by atoms with Crippen LogP contribution in [0, 0.1) is 0 Å². The standard InChI is InChI=1S/C25H34N4O4S/c1-3-28(4-2)25(31)20-9-11-22(12-10-20)27-24(30)19-26-21-13-15-23(16-14-21)34(32,33)29-17-7-5-6-8-18-29/h9-16,26H,3-8,17-19H2,1-2H3,(H,27,30). The second kappa shape index (κ2) is 12.0. The van der Waals surface area contributed by atoms with Crippen molar-refractivity contribution in [2.45, 2.75) is 44.4 Å². The Morgan fingerprint density at radius 3 is 1.97 bits per heavy atom. The molecule has 0 bridgehead atoms. The third-order valence-electron chi connectivity index (χ3n) is 5.98. The third-order valence-corrected chi connectivity index (χ3v) is 7.89. The van der Waals surface area contributed by atoms with Crippen LogP contribution in [0.3, 0.4) is 0 Å². The number of nitrogens with zero attached hydrogens (tertiary/aromatic N) is 2. The molecule has 0 atom stereocenters. The second-order valence-corrected chi connectivity index (χ2v) is 10.2. The molecule has 9 heteroatoms. The highest BCUT2D eigenvalue weighted by Gasteiger charge is 2.24. The summed E-state index contributed by atoms with van der Waals surface area (Å²) in [5.74, 6) is -0.282. The van der Waals surface area contributed by atoms with Gasteiger partial charge in [0.25, 0.3) is 5.91 Å². The van der Waals surface area contributed by atoms with Crippen molar-refractivity contribution in [2.24, 2.45) is 0 Å². The highest BCUT2D eigenvalue weighted by atomic mass is 32.2. The highest BCUT2D eigenvalue weighted by Crippen LogP contribution is 2.22. The first-order valence-electron chi connectivity index (χ1n) is 11.9. The van der Waals surface area contributed by atoms with Crippen LogP contribution in [0.4, 0.5) is 11.4 Å². The summed E-state index contributed by atoms with van der Waals surface area (Å²) >= 11 is 0. The fraction of sp³-hybridized carbons (Fsp3) is 0.440. The SMILES string of the molecule is CCN(CC)C(=O)c1ccc(NC(=O)CNc2ccc(S(=O)(=O)N3CCCCCC3)cc2)cc1. The Balaban J connectivity index is 1.52. The normalized spacial score (nSPS) is 14.8. The molecule has 0 unspecified atom stereocenters. The van der Waals surface area contributed by atoms with Crippen LogP contribution in [0.1, 0.15) is 49.9 Å². The maximum atomic E-state index is 12.9. The molecule has 1 fully saturated rings. The third kappa shape index (κ3) is 6.57. The largest absolute Gasteiger partial charge is 0.376 e. The molecular formula is C25H34N4O4S. The van der Waals surface area contributed by atoms with Crippen molar-refractivity contribution < 1.29 is 18.0 Å². The van der Waals surface area contributed by atoms with Gasteiger partial charge < -0.3 is 15.5 Å². The fourth-order valence-corrected chi connectivity index (χ4v) is 5.47. The molecule has 2 amide bonds. The van der Waals surface area contributed by atoms with E-state index in [1.165, 1.54) is 0 Å². The number of carbonyl (C=O) groups excluding carboxylic acids is 2. The van der Waals surface area contributed by atoms with E-state index in [9.17, 15) is 18.0 Å². The van der Waals surface area contributed by atoms with Gasteiger partial charge in [-0.3, -0.25) is 9.59 Å². The maximum absolute atomic E-state index is 12.9. The molecule has 1 saturated heterocycles. The van der Waals surface area contributed by atoms with Crippen molar-refractivity contribution in [3.05, 3.63) is 54.1 Å². The average molecular weight is 487 g/mol. The molecule has 2 aromatic carbocycles. The molecule has 0 saturated carbocycles. The van der Waals surface area contributed by atoms with Crippen LogP contribution in [-0.4, -0.2) is 62.2 Å². The van der Waals surface area contributed by atoms with Crippen LogP contribution < -0.4 is 10.6 Å². The summed E-state index contributed by atoms with van der Waals surface area (Å²) < 4.78 is 27.3. The van der Waals surface area contributed by atoms with Gasteiger partial charge in [0.2, 0.25) is 15.9 Å². The summed E-state index contributed by atoms with van der Waals surface area (Å²) in [5, 5.41) is 5.80. The van der Waals surface area contributed by atoms with Gasteiger partial charge in [0.05, 0.1) is 11.4 Å². The number of amides is 2. The first-order valence-corrected chi connectivity index (χ1v) is 13.3. The van der Waals surface area contributed by atoms with Crippen molar-refractivity contribution in [2.75, 3.05) is 43.4 Å². The highest BCUT2D eigenvalue weighted by molar-refractivity contribution is 7.89. The quantitative estimate of drug-likeness (QED) is 0.562. The van der Waals surface area contributed by atoms with Gasteiger partial charge in [-0.2, -0.15) is 4.31 Å². The van der Waals surface area contributed by atoms with Gasteiger partial charge in [-0.05, 0) is 75.2 Å². The molecule has 3 rings (SSSR count). The molecule has 1 aliphatic heterocycles. The minimum absolute atomic E-state index is 0.0261. The van der Waals surface area contributed by atoms with Crippen LogP contribution in [0.25, 0.3) is 0 Å². The number of rotatable bonds is 9. The van der Waals surface area contributed by atoms with Crippen LogP contribution in [0.5, 0.6) is 0 Å². The van der Waals surface area contributed by atoms with E-state index < -0.39 is 10.0 Å². The van der Waals surface area contributed by atoms with E-state index in [-0.39, 0.29) is 23.3 Å². The van der Waals surface area contributed by atoms with Gasteiger partial charge in [0, 0.05) is 43.1 Å². The van der Waals surface area contributed by atoms with E-state index >= 15 is 0 Å². The number of carbonyl (C=O) groups is 2. The Bertz CT molecular complexity index is 1060. The lowest BCUT2D eigenvalue weighted by Gasteiger charge is -2.20. The van der Waals surface area contributed by atoms with E-state index in [1.54, 1.807) is 57.7 Å². The van der Waals surface area contributed by atoms with Crippen molar-refractivity contribution in [1.82, 2.24) is 9.21 Å². The van der Waals surface area contributed by atoms with E-state index in [0.29, 0.717) is 43.1 Å². The Morgan fingerprint density at radius 2 is 1.41 bits per heavy atom. The van der Waals surface area contributed by atoms with Crippen molar-refractivity contribution >= 4 is 33.2 Å². The van der Waals surface area contributed by atoms with E-state index in [4.69, 9.17) is 0 Å². The number of nitrogens with one attached hydrogen (secondary N) is 2. The first kappa shape index (κ1) is 25.7. The summed E-state index contributed by atoms with van der Waals surface area (Å²) in [6, 6.07) is 13.3. The summed E-state index contributed by atoms with van der Waals surface area (Å²) in [4.78, 5) is 26.7. The Labute approximate surface area is 202 Å². The predicted octanol–water partition coefficient (Wildman–Crippen LogP) is 3.78. The van der Waals surface area contributed by atoms with Gasteiger partial charge in [-0.1, -0.05) is 12.8 Å².